The van der Waals surface area contributed by atoms with E-state index in [0.29, 0.717) is 0 Å². The number of hydrogen-bond acceptors (Lipinski definition) is 4. The quantitative estimate of drug-likeness (QED) is 0.0598. The van der Waals surface area contributed by atoms with Crippen LogP contribution in [-0.2, 0) is 29.1 Å². The molecule has 37 heavy (non-hydrogen) atoms. The third-order valence-electron chi connectivity index (χ3n) is 6.46. The maximum atomic E-state index is 10.1. The van der Waals surface area contributed by atoms with Gasteiger partial charge in [0, 0.05) is 0 Å². The fourth-order valence-corrected chi connectivity index (χ4v) is 4.21. The molecule has 0 aliphatic heterocycles. The minimum Gasteiger partial charge on any atom is -0.545 e. The van der Waals surface area contributed by atoms with Crippen molar-refractivity contribution in [3.8, 4) is 0 Å². The number of carboxylic acid groups (broad SMARTS) is 2. The Balaban J connectivity index is -0.000000608. The van der Waals surface area contributed by atoms with Gasteiger partial charge < -0.3 is 19.8 Å². The van der Waals surface area contributed by atoms with E-state index in [9.17, 15) is 19.8 Å². The molecule has 0 atom stereocenters. The number of hydrogen-bond donors (Lipinski definition) is 0. The smallest absolute Gasteiger partial charge is 0.545 e. The first-order chi connectivity index (χ1) is 17.5. The van der Waals surface area contributed by atoms with Crippen molar-refractivity contribution < 1.29 is 39.3 Å². The maximum absolute atomic E-state index is 10.1. The van der Waals surface area contributed by atoms with Gasteiger partial charge in [-0.1, -0.05) is 154 Å². The molecular formula is C32H58O4Zn. The molecule has 5 heteroatoms. The molecule has 0 bridgehead atoms. The number of unbranched alkanes of at least 4 members (excludes halogenated alkanes) is 22. The molecule has 0 aromatic heterocycles. The van der Waals surface area contributed by atoms with E-state index in [1.807, 2.05) is 0 Å². The summed E-state index contributed by atoms with van der Waals surface area (Å²) < 4.78 is 0. The van der Waals surface area contributed by atoms with Crippen molar-refractivity contribution in [3.63, 3.8) is 0 Å². The molecule has 0 saturated carbocycles. The second-order valence-electron chi connectivity index (χ2n) is 10.1. The Bertz CT molecular complexity index is 471. The standard InChI is InChI=1S/2C16H30O2.Zn/c2*1-2-3-4-5-6-7-8-9-10-11-12-13-14-15-16(17)18;/h2*14-15H,2-13H2,1H3,(H,17,18);/q;;+2/p-2. The van der Waals surface area contributed by atoms with Crippen LogP contribution in [0.4, 0.5) is 0 Å². The second-order valence-corrected chi connectivity index (χ2v) is 10.1. The summed E-state index contributed by atoms with van der Waals surface area (Å²) >= 11 is 0. The van der Waals surface area contributed by atoms with Gasteiger partial charge in [0.1, 0.15) is 0 Å². The molecule has 0 aromatic carbocycles. The van der Waals surface area contributed by atoms with Gasteiger partial charge in [-0.05, 0) is 37.8 Å². The second kappa shape index (κ2) is 37.2. The Morgan fingerprint density at radius 1 is 0.432 bits per heavy atom. The van der Waals surface area contributed by atoms with Crippen molar-refractivity contribution >= 4 is 11.9 Å². The van der Waals surface area contributed by atoms with Gasteiger partial charge in [0.2, 0.25) is 0 Å². The van der Waals surface area contributed by atoms with E-state index >= 15 is 0 Å². The first kappa shape index (κ1) is 40.5. The van der Waals surface area contributed by atoms with Crippen LogP contribution >= 0.6 is 0 Å². The molecule has 4 nitrogen and oxygen atoms in total. The zero-order valence-electron chi connectivity index (χ0n) is 24.6. The molecule has 0 spiro atoms. The van der Waals surface area contributed by atoms with Crippen molar-refractivity contribution in [2.75, 3.05) is 0 Å². The van der Waals surface area contributed by atoms with Gasteiger partial charge >= 0.3 is 19.5 Å². The van der Waals surface area contributed by atoms with Gasteiger partial charge in [0.25, 0.3) is 0 Å². The van der Waals surface area contributed by atoms with Crippen molar-refractivity contribution in [2.24, 2.45) is 0 Å². The minimum atomic E-state index is -1.09. The van der Waals surface area contributed by atoms with Crippen LogP contribution in [0.25, 0.3) is 0 Å². The van der Waals surface area contributed by atoms with E-state index in [4.69, 9.17) is 0 Å². The Morgan fingerprint density at radius 3 is 0.865 bits per heavy atom. The van der Waals surface area contributed by atoms with Crippen molar-refractivity contribution in [1.82, 2.24) is 0 Å². The summed E-state index contributed by atoms with van der Waals surface area (Å²) in [5, 5.41) is 20.2. The average molecular weight is 572 g/mol. The molecule has 0 unspecified atom stereocenters. The summed E-state index contributed by atoms with van der Waals surface area (Å²) in [6, 6.07) is 0. The molecule has 212 valence electrons. The predicted molar refractivity (Wildman–Crippen MR) is 150 cm³/mol. The van der Waals surface area contributed by atoms with Gasteiger partial charge in [0.05, 0.1) is 11.9 Å². The zero-order valence-corrected chi connectivity index (χ0v) is 27.6. The molecule has 0 amide bonds. The maximum Gasteiger partial charge on any atom is 2.00 e. The number of carbonyl (C=O) groups is 2. The van der Waals surface area contributed by atoms with E-state index in [1.165, 1.54) is 128 Å². The summed E-state index contributed by atoms with van der Waals surface area (Å²) in [6.45, 7) is 4.50. The summed E-state index contributed by atoms with van der Waals surface area (Å²) in [7, 11) is 0. The van der Waals surface area contributed by atoms with Crippen LogP contribution in [0.5, 0.6) is 0 Å². The number of carbonyl (C=O) groups excluding carboxylic acids is 2. The van der Waals surface area contributed by atoms with Crippen LogP contribution in [-0.4, -0.2) is 11.9 Å². The van der Waals surface area contributed by atoms with E-state index < -0.39 is 11.9 Å². The molecule has 0 heterocycles. The molecule has 0 aromatic rings. The van der Waals surface area contributed by atoms with E-state index in [2.05, 4.69) is 13.8 Å². The molecule has 0 aliphatic rings. The van der Waals surface area contributed by atoms with Crippen LogP contribution in [0.1, 0.15) is 168 Å². The summed E-state index contributed by atoms with van der Waals surface area (Å²) in [5.74, 6) is -2.17. The number of allylic oxidation sites excluding steroid dienone is 2. The SMILES string of the molecule is CCCCCCCCCCCCCC=CC(=O)[O-].CCCCCCCCCCCCCC=CC(=O)[O-].[Zn+2]. The average Bonchev–Trinajstić information content (AvgIpc) is 2.85. The largest absolute Gasteiger partial charge is 2.00 e. The summed E-state index contributed by atoms with van der Waals surface area (Å²) in [5.41, 5.74) is 0. The fourth-order valence-electron chi connectivity index (χ4n) is 4.21. The van der Waals surface area contributed by atoms with E-state index in [0.717, 1.165) is 37.8 Å². The van der Waals surface area contributed by atoms with Crippen LogP contribution < -0.4 is 10.2 Å². The molecule has 0 saturated heterocycles. The monoisotopic (exact) mass is 570 g/mol. The van der Waals surface area contributed by atoms with Crippen molar-refractivity contribution in [1.29, 1.82) is 0 Å². The van der Waals surface area contributed by atoms with Gasteiger partial charge in [-0.25, -0.2) is 0 Å². The Kier molecular flexibility index (Phi) is 40.8. The van der Waals surface area contributed by atoms with E-state index in [-0.39, 0.29) is 19.5 Å². The van der Waals surface area contributed by atoms with Gasteiger partial charge in [-0.3, -0.25) is 0 Å². The molecular weight excluding hydrogens is 514 g/mol. The van der Waals surface area contributed by atoms with Gasteiger partial charge in [0.15, 0.2) is 0 Å². The summed E-state index contributed by atoms with van der Waals surface area (Å²) in [4.78, 5) is 20.2. The third kappa shape index (κ3) is 45.4. The number of aliphatic carboxylic acids is 2. The van der Waals surface area contributed by atoms with Crippen LogP contribution in [0, 0.1) is 0 Å². The van der Waals surface area contributed by atoms with Gasteiger partial charge in [-0.15, -0.1) is 0 Å². The Labute approximate surface area is 242 Å². The predicted octanol–water partition coefficient (Wildman–Crippen LogP) is 7.98. The molecule has 0 rings (SSSR count). The van der Waals surface area contributed by atoms with Crippen LogP contribution in [0.2, 0.25) is 0 Å². The van der Waals surface area contributed by atoms with Crippen molar-refractivity contribution in [2.45, 2.75) is 168 Å². The normalized spacial score (nSPS) is 10.9. The van der Waals surface area contributed by atoms with Gasteiger partial charge in [-0.2, -0.15) is 0 Å². The minimum absolute atomic E-state index is 0. The first-order valence-electron chi connectivity index (χ1n) is 15.3. The molecule has 0 fully saturated rings. The Hall–Kier alpha value is -0.957. The molecule has 0 radical (unpaired) electrons. The van der Waals surface area contributed by atoms with Crippen LogP contribution in [0.3, 0.4) is 0 Å². The Morgan fingerprint density at radius 2 is 0.649 bits per heavy atom. The molecule has 0 N–H and O–H groups in total. The van der Waals surface area contributed by atoms with Crippen LogP contribution in [0.15, 0.2) is 24.3 Å². The number of rotatable bonds is 26. The zero-order chi connectivity index (χ0) is 27.0. The number of carboxylic acids is 2. The van der Waals surface area contributed by atoms with Crippen molar-refractivity contribution in [3.05, 3.63) is 24.3 Å². The molecule has 0 aliphatic carbocycles. The fraction of sp³-hybridized carbons (Fsp3) is 0.812. The summed E-state index contributed by atoms with van der Waals surface area (Å²) in [6.07, 6.45) is 36.6. The third-order valence-corrected chi connectivity index (χ3v) is 6.46. The topological polar surface area (TPSA) is 80.3 Å². The van der Waals surface area contributed by atoms with E-state index in [1.54, 1.807) is 12.2 Å². The first-order valence-corrected chi connectivity index (χ1v) is 15.3.